The van der Waals surface area contributed by atoms with Gasteiger partial charge in [-0.15, -0.1) is 0 Å². The molecule has 0 heterocycles. The molecule has 102 valence electrons. The van der Waals surface area contributed by atoms with E-state index >= 15 is 0 Å². The van der Waals surface area contributed by atoms with Crippen molar-refractivity contribution in [3.63, 3.8) is 0 Å². The van der Waals surface area contributed by atoms with Crippen LogP contribution in [0.1, 0.15) is 25.3 Å². The number of nitrogen functional groups attached to an aromatic ring is 1. The molecule has 0 aliphatic rings. The van der Waals surface area contributed by atoms with Crippen molar-refractivity contribution in [3.8, 4) is 0 Å². The maximum atomic E-state index is 12.0. The number of aliphatic hydroxyl groups is 1. The van der Waals surface area contributed by atoms with Gasteiger partial charge in [-0.3, -0.25) is 0 Å². The molecule has 1 unspecified atom stereocenters. The van der Waals surface area contributed by atoms with Crippen molar-refractivity contribution < 1.29 is 13.5 Å². The Morgan fingerprint density at radius 2 is 2.11 bits per heavy atom. The van der Waals surface area contributed by atoms with Crippen LogP contribution in [0.5, 0.6) is 0 Å². The summed E-state index contributed by atoms with van der Waals surface area (Å²) >= 11 is 0. The van der Waals surface area contributed by atoms with Crippen molar-refractivity contribution in [2.24, 2.45) is 0 Å². The maximum Gasteiger partial charge on any atom is 0.240 e. The maximum absolute atomic E-state index is 12.0. The molecule has 1 atom stereocenters. The summed E-state index contributed by atoms with van der Waals surface area (Å²) in [7, 11) is -3.56. The van der Waals surface area contributed by atoms with Gasteiger partial charge in [0.05, 0.1) is 11.0 Å². The fourth-order valence-electron chi connectivity index (χ4n) is 1.55. The highest BCUT2D eigenvalue weighted by Gasteiger charge is 2.16. The SMILES string of the molecule is CCC(O)CCNS(=O)(=O)c1cc(N)ccc1C. The lowest BCUT2D eigenvalue weighted by atomic mass is 10.2. The third-order valence-corrected chi connectivity index (χ3v) is 4.35. The Kier molecular flexibility index (Phi) is 5.13. The van der Waals surface area contributed by atoms with Crippen molar-refractivity contribution in [1.29, 1.82) is 0 Å². The summed E-state index contributed by atoms with van der Waals surface area (Å²) in [5, 5.41) is 9.37. The standard InChI is InChI=1S/C12H20N2O3S/c1-3-11(15)6-7-14-18(16,17)12-8-10(13)5-4-9(12)2/h4-5,8,11,14-15H,3,6-7,13H2,1-2H3. The minimum Gasteiger partial charge on any atom is -0.399 e. The average Bonchev–Trinajstić information content (AvgIpc) is 2.31. The van der Waals surface area contributed by atoms with Gasteiger partial charge in [0, 0.05) is 12.2 Å². The summed E-state index contributed by atoms with van der Waals surface area (Å²) in [5.41, 5.74) is 6.65. The smallest absolute Gasteiger partial charge is 0.240 e. The average molecular weight is 272 g/mol. The van der Waals surface area contributed by atoms with Crippen LogP contribution in [-0.4, -0.2) is 26.2 Å². The van der Waals surface area contributed by atoms with Gasteiger partial charge in [0.1, 0.15) is 0 Å². The van der Waals surface area contributed by atoms with Gasteiger partial charge in [-0.1, -0.05) is 13.0 Å². The van der Waals surface area contributed by atoms with Crippen molar-refractivity contribution in [1.82, 2.24) is 4.72 Å². The van der Waals surface area contributed by atoms with Crippen LogP contribution in [0.15, 0.2) is 23.1 Å². The van der Waals surface area contributed by atoms with E-state index in [4.69, 9.17) is 5.73 Å². The molecular weight excluding hydrogens is 252 g/mol. The van der Waals surface area contributed by atoms with Crippen LogP contribution in [-0.2, 0) is 10.0 Å². The van der Waals surface area contributed by atoms with Crippen LogP contribution in [0.25, 0.3) is 0 Å². The predicted molar refractivity (Wildman–Crippen MR) is 71.7 cm³/mol. The summed E-state index contributed by atoms with van der Waals surface area (Å²) in [6.45, 7) is 3.78. The van der Waals surface area contributed by atoms with Gasteiger partial charge >= 0.3 is 0 Å². The van der Waals surface area contributed by atoms with E-state index < -0.39 is 16.1 Å². The number of benzene rings is 1. The number of anilines is 1. The van der Waals surface area contributed by atoms with Crippen molar-refractivity contribution in [2.45, 2.75) is 37.7 Å². The van der Waals surface area contributed by atoms with E-state index in [-0.39, 0.29) is 11.4 Å². The molecule has 0 aliphatic heterocycles. The number of aliphatic hydroxyl groups excluding tert-OH is 1. The molecule has 1 rings (SSSR count). The van der Waals surface area contributed by atoms with Crippen LogP contribution in [0.2, 0.25) is 0 Å². The molecule has 0 amide bonds. The van der Waals surface area contributed by atoms with Crippen molar-refractivity contribution >= 4 is 15.7 Å². The lowest BCUT2D eigenvalue weighted by molar-refractivity contribution is 0.162. The van der Waals surface area contributed by atoms with E-state index in [1.165, 1.54) is 6.07 Å². The van der Waals surface area contributed by atoms with E-state index in [0.29, 0.717) is 24.1 Å². The second-order valence-electron chi connectivity index (χ2n) is 4.27. The van der Waals surface area contributed by atoms with Crippen molar-refractivity contribution in [2.75, 3.05) is 12.3 Å². The van der Waals surface area contributed by atoms with Gasteiger partial charge < -0.3 is 10.8 Å². The minimum absolute atomic E-state index is 0.188. The molecule has 0 saturated heterocycles. The second-order valence-corrected chi connectivity index (χ2v) is 6.01. The monoisotopic (exact) mass is 272 g/mol. The zero-order chi connectivity index (χ0) is 13.8. The van der Waals surface area contributed by atoms with Gasteiger partial charge in [0.15, 0.2) is 0 Å². The number of aryl methyl sites for hydroxylation is 1. The fourth-order valence-corrected chi connectivity index (χ4v) is 2.87. The van der Waals surface area contributed by atoms with Gasteiger partial charge in [-0.05, 0) is 37.5 Å². The number of nitrogens with two attached hydrogens (primary N) is 1. The first kappa shape index (κ1) is 14.9. The van der Waals surface area contributed by atoms with Crippen molar-refractivity contribution in [3.05, 3.63) is 23.8 Å². The molecule has 6 heteroatoms. The Bertz CT molecular complexity index is 500. The molecule has 5 nitrogen and oxygen atoms in total. The van der Waals surface area contributed by atoms with Gasteiger partial charge in [0.25, 0.3) is 0 Å². The summed E-state index contributed by atoms with van der Waals surface area (Å²) in [6, 6.07) is 4.77. The summed E-state index contributed by atoms with van der Waals surface area (Å²) in [6.07, 6.45) is 0.533. The molecule has 18 heavy (non-hydrogen) atoms. The third-order valence-electron chi connectivity index (χ3n) is 2.74. The predicted octanol–water partition coefficient (Wildman–Crippen LogP) is 1.02. The Hall–Kier alpha value is -1.11. The Labute approximate surface area is 108 Å². The summed E-state index contributed by atoms with van der Waals surface area (Å²) in [4.78, 5) is 0.188. The number of hydrogen-bond donors (Lipinski definition) is 3. The molecule has 1 aromatic carbocycles. The van der Waals surface area contributed by atoms with Crippen LogP contribution >= 0.6 is 0 Å². The fraction of sp³-hybridized carbons (Fsp3) is 0.500. The Balaban J connectivity index is 2.77. The number of sulfonamides is 1. The van der Waals surface area contributed by atoms with E-state index in [0.717, 1.165) is 0 Å². The van der Waals surface area contributed by atoms with Gasteiger partial charge in [-0.2, -0.15) is 0 Å². The van der Waals surface area contributed by atoms with Crippen LogP contribution in [0.3, 0.4) is 0 Å². The highest BCUT2D eigenvalue weighted by Crippen LogP contribution is 2.18. The second kappa shape index (κ2) is 6.17. The highest BCUT2D eigenvalue weighted by atomic mass is 32.2. The first-order valence-electron chi connectivity index (χ1n) is 5.90. The Morgan fingerprint density at radius 3 is 2.72 bits per heavy atom. The molecular formula is C12H20N2O3S. The lowest BCUT2D eigenvalue weighted by Crippen LogP contribution is -2.27. The number of nitrogens with one attached hydrogen (secondary N) is 1. The Morgan fingerprint density at radius 1 is 1.44 bits per heavy atom. The quantitative estimate of drug-likeness (QED) is 0.674. The zero-order valence-corrected chi connectivity index (χ0v) is 11.5. The number of hydrogen-bond acceptors (Lipinski definition) is 4. The first-order chi connectivity index (χ1) is 8.36. The van der Waals surface area contributed by atoms with E-state index in [9.17, 15) is 13.5 Å². The molecule has 0 bridgehead atoms. The number of rotatable bonds is 6. The molecule has 4 N–H and O–H groups in total. The molecule has 0 aliphatic carbocycles. The third kappa shape index (κ3) is 3.97. The van der Waals surface area contributed by atoms with Crippen LogP contribution in [0, 0.1) is 6.92 Å². The van der Waals surface area contributed by atoms with E-state index in [1.54, 1.807) is 19.1 Å². The van der Waals surface area contributed by atoms with Gasteiger partial charge in [-0.25, -0.2) is 13.1 Å². The highest BCUT2D eigenvalue weighted by molar-refractivity contribution is 7.89. The molecule has 1 aromatic rings. The topological polar surface area (TPSA) is 92.4 Å². The summed E-state index contributed by atoms with van der Waals surface area (Å²) in [5.74, 6) is 0. The largest absolute Gasteiger partial charge is 0.399 e. The normalized spacial score (nSPS) is 13.5. The van der Waals surface area contributed by atoms with Crippen LogP contribution in [0.4, 0.5) is 5.69 Å². The lowest BCUT2D eigenvalue weighted by Gasteiger charge is -2.11. The molecule has 0 fully saturated rings. The first-order valence-corrected chi connectivity index (χ1v) is 7.39. The molecule has 0 radical (unpaired) electrons. The minimum atomic E-state index is -3.56. The zero-order valence-electron chi connectivity index (χ0n) is 10.7. The molecule has 0 spiro atoms. The van der Waals surface area contributed by atoms with E-state index in [1.807, 2.05) is 6.92 Å². The summed E-state index contributed by atoms with van der Waals surface area (Å²) < 4.78 is 26.5. The molecule has 0 aromatic heterocycles. The van der Waals surface area contributed by atoms with Crippen LogP contribution < -0.4 is 10.5 Å². The molecule has 0 saturated carbocycles. The van der Waals surface area contributed by atoms with E-state index in [2.05, 4.69) is 4.72 Å². The van der Waals surface area contributed by atoms with Gasteiger partial charge in [0.2, 0.25) is 10.0 Å².